The van der Waals surface area contributed by atoms with Gasteiger partial charge in [-0.05, 0) is 41.9 Å². The van der Waals surface area contributed by atoms with Crippen LogP contribution >= 0.6 is 0 Å². The molecule has 1 aromatic carbocycles. The van der Waals surface area contributed by atoms with Crippen molar-refractivity contribution < 1.29 is 24.1 Å². The van der Waals surface area contributed by atoms with Crippen molar-refractivity contribution in [3.63, 3.8) is 0 Å². The van der Waals surface area contributed by atoms with Crippen LogP contribution in [0.1, 0.15) is 36.8 Å². The highest BCUT2D eigenvalue weighted by Gasteiger charge is 2.35. The van der Waals surface area contributed by atoms with Gasteiger partial charge in [-0.25, -0.2) is 4.79 Å². The number of aliphatic hydroxyl groups is 1. The van der Waals surface area contributed by atoms with E-state index < -0.39 is 12.3 Å². The van der Waals surface area contributed by atoms with E-state index in [2.05, 4.69) is 6.58 Å². The number of hydrogen-bond acceptors (Lipinski definition) is 5. The summed E-state index contributed by atoms with van der Waals surface area (Å²) < 4.78 is 16.8. The lowest BCUT2D eigenvalue weighted by molar-refractivity contribution is -0.167. The molecule has 0 amide bonds. The second-order valence-corrected chi connectivity index (χ2v) is 6.84. The molecule has 0 aromatic heterocycles. The first-order chi connectivity index (χ1) is 12.7. The number of carbonyl (C=O) groups is 1. The van der Waals surface area contributed by atoms with E-state index in [1.165, 1.54) is 25.3 Å². The van der Waals surface area contributed by atoms with Crippen molar-refractivity contribution in [2.75, 3.05) is 6.61 Å². The van der Waals surface area contributed by atoms with Crippen LogP contribution in [0, 0.1) is 11.8 Å². The quantitative estimate of drug-likeness (QED) is 0.569. The third-order valence-corrected chi connectivity index (χ3v) is 5.02. The first-order valence-electron chi connectivity index (χ1n) is 9.16. The van der Waals surface area contributed by atoms with Crippen LogP contribution in [-0.2, 0) is 32.2 Å². The summed E-state index contributed by atoms with van der Waals surface area (Å²) in [6.45, 7) is 4.14. The highest BCUT2D eigenvalue weighted by Crippen LogP contribution is 2.40. The van der Waals surface area contributed by atoms with E-state index in [0.717, 1.165) is 17.5 Å². The molecule has 5 nitrogen and oxygen atoms in total. The second-order valence-electron chi connectivity index (χ2n) is 6.84. The minimum atomic E-state index is -0.464. The Balaban J connectivity index is 1.61. The monoisotopic (exact) mass is 358 g/mol. The molecule has 0 radical (unpaired) electrons. The number of ether oxygens (including phenoxy) is 3. The van der Waals surface area contributed by atoms with Gasteiger partial charge in [0.05, 0.1) is 13.2 Å². The topological polar surface area (TPSA) is 65.0 Å². The maximum Gasteiger partial charge on any atom is 0.373 e. The van der Waals surface area contributed by atoms with Gasteiger partial charge in [0, 0.05) is 6.42 Å². The van der Waals surface area contributed by atoms with Crippen LogP contribution < -0.4 is 0 Å². The molecule has 0 bridgehead atoms. The number of hydrogen-bond donors (Lipinski definition) is 1. The summed E-state index contributed by atoms with van der Waals surface area (Å²) in [4.78, 5) is 12.2. The SMILES string of the molecule is C=CCOC(=O)C1=C[C@@H](C2CCC2)C[C@@H](OCc2ccc(CO)cc2)O1. The van der Waals surface area contributed by atoms with Crippen LogP contribution in [0.2, 0.25) is 0 Å². The normalized spacial score (nSPS) is 22.7. The van der Waals surface area contributed by atoms with Gasteiger partial charge in [-0.2, -0.15) is 0 Å². The molecule has 0 spiro atoms. The molecule has 0 saturated heterocycles. The number of benzene rings is 1. The van der Waals surface area contributed by atoms with Crippen molar-refractivity contribution in [2.24, 2.45) is 11.8 Å². The van der Waals surface area contributed by atoms with Crippen molar-refractivity contribution in [3.8, 4) is 0 Å². The summed E-state index contributed by atoms with van der Waals surface area (Å²) in [7, 11) is 0. The van der Waals surface area contributed by atoms with Crippen molar-refractivity contribution >= 4 is 5.97 Å². The van der Waals surface area contributed by atoms with Gasteiger partial charge >= 0.3 is 5.97 Å². The van der Waals surface area contributed by atoms with E-state index in [1.54, 1.807) is 0 Å². The lowest BCUT2D eigenvalue weighted by Gasteiger charge is -2.37. The zero-order chi connectivity index (χ0) is 18.4. The predicted octanol–water partition coefficient (Wildman–Crippen LogP) is 3.47. The number of allylic oxidation sites excluding steroid dienone is 1. The van der Waals surface area contributed by atoms with Gasteiger partial charge in [0.1, 0.15) is 6.61 Å². The molecule has 26 heavy (non-hydrogen) atoms. The van der Waals surface area contributed by atoms with Gasteiger partial charge in [-0.15, -0.1) is 0 Å². The second kappa shape index (κ2) is 9.01. The molecule has 1 aliphatic heterocycles. The molecule has 0 unspecified atom stereocenters. The number of esters is 1. The molecule has 3 rings (SSSR count). The zero-order valence-electron chi connectivity index (χ0n) is 14.9. The number of rotatable bonds is 8. The Kier molecular flexibility index (Phi) is 6.47. The lowest BCUT2D eigenvalue weighted by Crippen LogP contribution is -2.33. The summed E-state index contributed by atoms with van der Waals surface area (Å²) in [5.41, 5.74) is 1.86. The summed E-state index contributed by atoms with van der Waals surface area (Å²) in [5.74, 6) is 0.659. The van der Waals surface area contributed by atoms with Gasteiger partial charge in [-0.1, -0.05) is 43.3 Å². The summed E-state index contributed by atoms with van der Waals surface area (Å²) in [6, 6.07) is 7.59. The smallest absolute Gasteiger partial charge is 0.373 e. The van der Waals surface area contributed by atoms with Crippen molar-refractivity contribution in [3.05, 3.63) is 59.9 Å². The lowest BCUT2D eigenvalue weighted by atomic mass is 9.73. The number of carbonyl (C=O) groups excluding carboxylic acids is 1. The zero-order valence-corrected chi connectivity index (χ0v) is 14.9. The maximum absolute atomic E-state index is 12.2. The van der Waals surface area contributed by atoms with Crippen LogP contribution in [0.4, 0.5) is 0 Å². The summed E-state index contributed by atoms with van der Waals surface area (Å²) >= 11 is 0. The van der Waals surface area contributed by atoms with Crippen molar-refractivity contribution in [1.82, 2.24) is 0 Å². The molecule has 1 aromatic rings. The van der Waals surface area contributed by atoms with Gasteiger partial charge < -0.3 is 19.3 Å². The maximum atomic E-state index is 12.2. The van der Waals surface area contributed by atoms with Crippen molar-refractivity contribution in [1.29, 1.82) is 0 Å². The molecule has 1 N–H and O–H groups in total. The highest BCUT2D eigenvalue weighted by atomic mass is 16.7. The fourth-order valence-electron chi connectivity index (χ4n) is 3.26. The Bertz CT molecular complexity index is 645. The van der Waals surface area contributed by atoms with E-state index in [4.69, 9.17) is 19.3 Å². The van der Waals surface area contributed by atoms with Gasteiger partial charge in [0.25, 0.3) is 0 Å². The Labute approximate surface area is 154 Å². The molecule has 1 aliphatic carbocycles. The van der Waals surface area contributed by atoms with E-state index in [0.29, 0.717) is 12.5 Å². The Hall–Kier alpha value is -2.11. The molecular weight excluding hydrogens is 332 g/mol. The Morgan fingerprint density at radius 2 is 2.00 bits per heavy atom. The molecule has 140 valence electrons. The average Bonchev–Trinajstić information content (AvgIpc) is 2.63. The molecule has 1 fully saturated rings. The Morgan fingerprint density at radius 3 is 2.62 bits per heavy atom. The predicted molar refractivity (Wildman–Crippen MR) is 96.7 cm³/mol. The van der Waals surface area contributed by atoms with Crippen LogP contribution in [-0.4, -0.2) is 24.0 Å². The Morgan fingerprint density at radius 1 is 1.27 bits per heavy atom. The van der Waals surface area contributed by atoms with Crippen LogP contribution in [0.5, 0.6) is 0 Å². The number of aliphatic hydroxyl groups excluding tert-OH is 1. The minimum absolute atomic E-state index is 0.0247. The van der Waals surface area contributed by atoms with Crippen LogP contribution in [0.15, 0.2) is 48.8 Å². The fraction of sp³-hybridized carbons (Fsp3) is 0.476. The van der Waals surface area contributed by atoms with Gasteiger partial charge in [0.15, 0.2) is 0 Å². The van der Waals surface area contributed by atoms with Gasteiger partial charge in [-0.3, -0.25) is 0 Å². The molecule has 2 aliphatic rings. The standard InChI is InChI=1S/C21H26O5/c1-2-10-24-21(23)19-11-18(17-4-3-5-17)12-20(26-19)25-14-16-8-6-15(13-22)7-9-16/h2,6-9,11,17-18,20,22H,1,3-5,10,12-14H2/t18-,20+/m1/s1. The summed E-state index contributed by atoms with van der Waals surface area (Å²) in [6.07, 6.45) is 7.35. The highest BCUT2D eigenvalue weighted by molar-refractivity contribution is 5.86. The van der Waals surface area contributed by atoms with E-state index in [9.17, 15) is 4.79 Å². The largest absolute Gasteiger partial charge is 0.458 e. The van der Waals surface area contributed by atoms with Crippen LogP contribution in [0.25, 0.3) is 0 Å². The average molecular weight is 358 g/mol. The molecule has 1 heterocycles. The third-order valence-electron chi connectivity index (χ3n) is 5.02. The fourth-order valence-corrected chi connectivity index (χ4v) is 3.26. The first-order valence-corrected chi connectivity index (χ1v) is 9.16. The molecule has 2 atom stereocenters. The van der Waals surface area contributed by atoms with E-state index >= 15 is 0 Å². The molecule has 1 saturated carbocycles. The van der Waals surface area contributed by atoms with E-state index in [1.807, 2.05) is 30.3 Å². The van der Waals surface area contributed by atoms with Gasteiger partial charge in [0.2, 0.25) is 12.0 Å². The van der Waals surface area contributed by atoms with Crippen molar-refractivity contribution in [2.45, 2.75) is 45.2 Å². The molecule has 5 heteroatoms. The minimum Gasteiger partial charge on any atom is -0.458 e. The summed E-state index contributed by atoms with van der Waals surface area (Å²) in [5, 5.41) is 9.11. The first kappa shape index (κ1) is 18.7. The third kappa shape index (κ3) is 4.74. The van der Waals surface area contributed by atoms with E-state index in [-0.39, 0.29) is 24.9 Å². The van der Waals surface area contributed by atoms with Crippen LogP contribution in [0.3, 0.4) is 0 Å². The molecular formula is C21H26O5.